The van der Waals surface area contributed by atoms with Crippen LogP contribution in [0.5, 0.6) is 0 Å². The van der Waals surface area contributed by atoms with Gasteiger partial charge in [-0.05, 0) is 6.07 Å². The SMILES string of the molecule is CNC(=O)CNCc1occc1C(=O)O. The molecule has 0 spiro atoms. The highest BCUT2D eigenvalue weighted by atomic mass is 16.4. The summed E-state index contributed by atoms with van der Waals surface area (Å²) in [7, 11) is 1.53. The molecule has 1 heterocycles. The summed E-state index contributed by atoms with van der Waals surface area (Å²) < 4.78 is 4.97. The highest BCUT2D eigenvalue weighted by molar-refractivity contribution is 5.88. The number of aromatic carboxylic acids is 1. The molecule has 0 aromatic carbocycles. The average Bonchev–Trinajstić information content (AvgIpc) is 2.65. The molecule has 1 rings (SSSR count). The Morgan fingerprint density at radius 3 is 2.87 bits per heavy atom. The normalized spacial score (nSPS) is 9.93. The highest BCUT2D eigenvalue weighted by Crippen LogP contribution is 2.09. The Kier molecular flexibility index (Phi) is 3.87. The van der Waals surface area contributed by atoms with E-state index in [2.05, 4.69) is 10.6 Å². The number of likely N-dealkylation sites (N-methyl/N-ethyl adjacent to an activating group) is 1. The lowest BCUT2D eigenvalue weighted by atomic mass is 10.2. The average molecular weight is 212 g/mol. The van der Waals surface area contributed by atoms with Crippen molar-refractivity contribution in [1.82, 2.24) is 10.6 Å². The second kappa shape index (κ2) is 5.16. The molecule has 0 radical (unpaired) electrons. The number of carbonyl (C=O) groups excluding carboxylic acids is 1. The van der Waals surface area contributed by atoms with Gasteiger partial charge in [-0.2, -0.15) is 0 Å². The van der Waals surface area contributed by atoms with Gasteiger partial charge in [0.2, 0.25) is 5.91 Å². The van der Waals surface area contributed by atoms with Crippen molar-refractivity contribution in [1.29, 1.82) is 0 Å². The first-order chi connectivity index (χ1) is 7.15. The fourth-order valence-corrected chi connectivity index (χ4v) is 1.05. The largest absolute Gasteiger partial charge is 0.478 e. The Morgan fingerprint density at radius 2 is 2.27 bits per heavy atom. The molecular weight excluding hydrogens is 200 g/mol. The second-order valence-electron chi connectivity index (χ2n) is 2.84. The molecule has 82 valence electrons. The summed E-state index contributed by atoms with van der Waals surface area (Å²) >= 11 is 0. The van der Waals surface area contributed by atoms with Crippen molar-refractivity contribution in [2.45, 2.75) is 6.54 Å². The molecule has 6 nitrogen and oxygen atoms in total. The van der Waals surface area contributed by atoms with Gasteiger partial charge in [0.05, 0.1) is 19.4 Å². The van der Waals surface area contributed by atoms with Gasteiger partial charge in [0, 0.05) is 7.05 Å². The fraction of sp³-hybridized carbons (Fsp3) is 0.333. The van der Waals surface area contributed by atoms with E-state index in [1.54, 1.807) is 0 Å². The molecule has 0 aliphatic rings. The minimum absolute atomic E-state index is 0.111. The third-order valence-electron chi connectivity index (χ3n) is 1.83. The molecule has 0 bridgehead atoms. The highest BCUT2D eigenvalue weighted by Gasteiger charge is 2.12. The van der Waals surface area contributed by atoms with Crippen molar-refractivity contribution in [3.05, 3.63) is 23.7 Å². The van der Waals surface area contributed by atoms with Crippen molar-refractivity contribution in [3.8, 4) is 0 Å². The van der Waals surface area contributed by atoms with Crippen molar-refractivity contribution >= 4 is 11.9 Å². The molecule has 0 saturated carbocycles. The van der Waals surface area contributed by atoms with E-state index in [1.807, 2.05) is 0 Å². The van der Waals surface area contributed by atoms with Gasteiger partial charge in [-0.15, -0.1) is 0 Å². The van der Waals surface area contributed by atoms with Crippen LogP contribution in [0.3, 0.4) is 0 Å². The lowest BCUT2D eigenvalue weighted by Gasteiger charge is -2.02. The van der Waals surface area contributed by atoms with Crippen molar-refractivity contribution in [2.75, 3.05) is 13.6 Å². The smallest absolute Gasteiger partial charge is 0.339 e. The third-order valence-corrected chi connectivity index (χ3v) is 1.83. The van der Waals surface area contributed by atoms with Crippen LogP contribution in [0.1, 0.15) is 16.1 Å². The number of hydrogen-bond acceptors (Lipinski definition) is 4. The molecule has 1 aromatic rings. The van der Waals surface area contributed by atoms with E-state index in [4.69, 9.17) is 9.52 Å². The molecule has 0 atom stereocenters. The van der Waals surface area contributed by atoms with E-state index in [-0.39, 0.29) is 24.6 Å². The zero-order chi connectivity index (χ0) is 11.3. The first-order valence-corrected chi connectivity index (χ1v) is 4.36. The van der Waals surface area contributed by atoms with Crippen molar-refractivity contribution < 1.29 is 19.1 Å². The molecular formula is C9H12N2O4. The number of rotatable bonds is 5. The molecule has 0 fully saturated rings. The topological polar surface area (TPSA) is 91.6 Å². The maximum absolute atomic E-state index is 10.8. The van der Waals surface area contributed by atoms with E-state index >= 15 is 0 Å². The number of furan rings is 1. The summed E-state index contributed by atoms with van der Waals surface area (Å²) in [5.41, 5.74) is 0.111. The van der Waals surface area contributed by atoms with E-state index in [9.17, 15) is 9.59 Å². The molecule has 0 saturated heterocycles. The van der Waals surface area contributed by atoms with Gasteiger partial charge in [-0.3, -0.25) is 4.79 Å². The van der Waals surface area contributed by atoms with Crippen LogP contribution >= 0.6 is 0 Å². The Morgan fingerprint density at radius 1 is 1.53 bits per heavy atom. The summed E-state index contributed by atoms with van der Waals surface area (Å²) in [4.78, 5) is 21.5. The standard InChI is InChI=1S/C9H12N2O4/c1-10-8(12)5-11-4-7-6(9(13)14)2-3-15-7/h2-3,11H,4-5H2,1H3,(H,10,12)(H,13,14). The Labute approximate surface area is 86.3 Å². The van der Waals surface area contributed by atoms with Crippen LogP contribution in [0, 0.1) is 0 Å². The zero-order valence-electron chi connectivity index (χ0n) is 8.24. The fourth-order valence-electron chi connectivity index (χ4n) is 1.05. The number of nitrogens with one attached hydrogen (secondary N) is 2. The number of carboxylic acid groups (broad SMARTS) is 1. The van der Waals surface area contributed by atoms with Crippen molar-refractivity contribution in [3.63, 3.8) is 0 Å². The van der Waals surface area contributed by atoms with Gasteiger partial charge in [0.25, 0.3) is 0 Å². The zero-order valence-corrected chi connectivity index (χ0v) is 8.24. The predicted molar refractivity (Wildman–Crippen MR) is 51.4 cm³/mol. The molecule has 1 amide bonds. The van der Waals surface area contributed by atoms with Crippen LogP contribution in [0.25, 0.3) is 0 Å². The van der Waals surface area contributed by atoms with Crippen LogP contribution in [0.2, 0.25) is 0 Å². The summed E-state index contributed by atoms with van der Waals surface area (Å²) in [5, 5.41) is 13.9. The number of hydrogen-bond donors (Lipinski definition) is 3. The van der Waals surface area contributed by atoms with Crippen LogP contribution < -0.4 is 10.6 Å². The van der Waals surface area contributed by atoms with E-state index < -0.39 is 5.97 Å². The lowest BCUT2D eigenvalue weighted by molar-refractivity contribution is -0.119. The number of carboxylic acids is 1. The summed E-state index contributed by atoms with van der Waals surface area (Å²) in [6, 6.07) is 1.37. The lowest BCUT2D eigenvalue weighted by Crippen LogP contribution is -2.31. The second-order valence-corrected chi connectivity index (χ2v) is 2.84. The first-order valence-electron chi connectivity index (χ1n) is 4.36. The summed E-state index contributed by atoms with van der Waals surface area (Å²) in [6.07, 6.45) is 1.31. The van der Waals surface area contributed by atoms with Crippen LogP contribution in [0.4, 0.5) is 0 Å². The predicted octanol–water partition coefficient (Wildman–Crippen LogP) is -0.187. The molecule has 15 heavy (non-hydrogen) atoms. The summed E-state index contributed by atoms with van der Waals surface area (Å²) in [5.74, 6) is -0.898. The number of amides is 1. The van der Waals surface area contributed by atoms with Crippen LogP contribution in [-0.2, 0) is 11.3 Å². The molecule has 1 aromatic heterocycles. The van der Waals surface area contributed by atoms with E-state index in [0.29, 0.717) is 5.76 Å². The summed E-state index contributed by atoms with van der Waals surface area (Å²) in [6.45, 7) is 0.332. The first kappa shape index (κ1) is 11.3. The molecule has 0 aliphatic carbocycles. The van der Waals surface area contributed by atoms with Gasteiger partial charge in [-0.25, -0.2) is 4.79 Å². The molecule has 0 aliphatic heterocycles. The Balaban J connectivity index is 2.47. The molecule has 6 heteroatoms. The third kappa shape index (κ3) is 3.10. The quantitative estimate of drug-likeness (QED) is 0.629. The van der Waals surface area contributed by atoms with E-state index in [1.165, 1.54) is 19.4 Å². The molecule has 0 unspecified atom stereocenters. The van der Waals surface area contributed by atoms with E-state index in [0.717, 1.165) is 0 Å². The van der Waals surface area contributed by atoms with Gasteiger partial charge in [-0.1, -0.05) is 0 Å². The Hall–Kier alpha value is -1.82. The molecule has 3 N–H and O–H groups in total. The maximum Gasteiger partial charge on any atom is 0.339 e. The van der Waals surface area contributed by atoms with Crippen LogP contribution in [-0.4, -0.2) is 30.6 Å². The van der Waals surface area contributed by atoms with Gasteiger partial charge < -0.3 is 20.2 Å². The van der Waals surface area contributed by atoms with Gasteiger partial charge >= 0.3 is 5.97 Å². The Bertz CT molecular complexity index is 359. The minimum Gasteiger partial charge on any atom is -0.478 e. The number of carbonyl (C=O) groups is 2. The minimum atomic E-state index is -1.04. The van der Waals surface area contributed by atoms with Crippen molar-refractivity contribution in [2.24, 2.45) is 0 Å². The monoisotopic (exact) mass is 212 g/mol. The maximum atomic E-state index is 10.8. The van der Waals surface area contributed by atoms with Gasteiger partial charge in [0.15, 0.2) is 0 Å². The van der Waals surface area contributed by atoms with Crippen LogP contribution in [0.15, 0.2) is 16.7 Å². The van der Waals surface area contributed by atoms with Gasteiger partial charge in [0.1, 0.15) is 11.3 Å².